The van der Waals surface area contributed by atoms with Gasteiger partial charge >= 0.3 is 0 Å². The highest BCUT2D eigenvalue weighted by molar-refractivity contribution is 5.26. The van der Waals surface area contributed by atoms with Gasteiger partial charge in [0.1, 0.15) is 5.67 Å². The molecule has 0 aliphatic rings. The van der Waals surface area contributed by atoms with Crippen molar-refractivity contribution < 1.29 is 4.39 Å². The lowest BCUT2D eigenvalue weighted by molar-refractivity contribution is 0.221. The Labute approximate surface area is 86.2 Å². The normalized spacial score (nSPS) is 11.7. The molecule has 0 nitrogen and oxygen atoms in total. The van der Waals surface area contributed by atoms with Gasteiger partial charge < -0.3 is 0 Å². The predicted octanol–water partition coefficient (Wildman–Crippen LogP) is 4.23. The highest BCUT2D eigenvalue weighted by Gasteiger charge is 2.17. The fourth-order valence-corrected chi connectivity index (χ4v) is 1.45. The van der Waals surface area contributed by atoms with Crippen LogP contribution in [0.2, 0.25) is 0 Å². The first-order valence-electron chi connectivity index (χ1n) is 5.32. The molecule has 14 heavy (non-hydrogen) atoms. The minimum Gasteiger partial charge on any atom is -0.239 e. The van der Waals surface area contributed by atoms with E-state index in [1.54, 1.807) is 13.8 Å². The molecule has 0 atom stereocenters. The summed E-state index contributed by atoms with van der Waals surface area (Å²) in [5.74, 6) is 0. The quantitative estimate of drug-likeness (QED) is 0.672. The van der Waals surface area contributed by atoms with Gasteiger partial charge in [-0.3, -0.25) is 0 Å². The molecule has 0 unspecified atom stereocenters. The molecule has 0 N–H and O–H groups in total. The zero-order chi connectivity index (χ0) is 10.6. The molecule has 0 saturated heterocycles. The molecular formula is C13H19F. The second-order valence-electron chi connectivity index (χ2n) is 4.27. The number of aryl methyl sites for hydroxylation is 1. The number of hydrogen-bond acceptors (Lipinski definition) is 0. The number of alkyl halides is 1. The summed E-state index contributed by atoms with van der Waals surface area (Å²) >= 11 is 0. The van der Waals surface area contributed by atoms with E-state index >= 15 is 0 Å². The SMILES string of the molecule is CCCCc1ccc(C(C)(C)F)cc1. The summed E-state index contributed by atoms with van der Waals surface area (Å²) in [7, 11) is 0. The Morgan fingerprint density at radius 1 is 1.14 bits per heavy atom. The fraction of sp³-hybridized carbons (Fsp3) is 0.538. The van der Waals surface area contributed by atoms with Crippen molar-refractivity contribution in [2.45, 2.75) is 45.7 Å². The van der Waals surface area contributed by atoms with Gasteiger partial charge in [0, 0.05) is 0 Å². The number of hydrogen-bond donors (Lipinski definition) is 0. The van der Waals surface area contributed by atoms with Crippen LogP contribution in [0.4, 0.5) is 4.39 Å². The first kappa shape index (κ1) is 11.2. The predicted molar refractivity (Wildman–Crippen MR) is 59.2 cm³/mol. The van der Waals surface area contributed by atoms with Crippen LogP contribution in [0.15, 0.2) is 24.3 Å². The van der Waals surface area contributed by atoms with E-state index in [1.807, 2.05) is 24.3 Å². The van der Waals surface area contributed by atoms with Crippen molar-refractivity contribution in [2.75, 3.05) is 0 Å². The summed E-state index contributed by atoms with van der Waals surface area (Å²) in [6.45, 7) is 5.36. The topological polar surface area (TPSA) is 0 Å². The van der Waals surface area contributed by atoms with Gasteiger partial charge in [0.15, 0.2) is 0 Å². The molecule has 0 saturated carbocycles. The highest BCUT2D eigenvalue weighted by Crippen LogP contribution is 2.24. The Balaban J connectivity index is 2.69. The molecule has 0 fully saturated rings. The lowest BCUT2D eigenvalue weighted by Gasteiger charge is -2.14. The monoisotopic (exact) mass is 194 g/mol. The molecule has 1 aromatic rings. The van der Waals surface area contributed by atoms with Crippen molar-refractivity contribution in [3.8, 4) is 0 Å². The minimum absolute atomic E-state index is 0.762. The molecule has 0 bridgehead atoms. The van der Waals surface area contributed by atoms with Crippen LogP contribution in [-0.4, -0.2) is 0 Å². The third-order valence-electron chi connectivity index (χ3n) is 2.46. The van der Waals surface area contributed by atoms with Gasteiger partial charge in [0.25, 0.3) is 0 Å². The first-order valence-corrected chi connectivity index (χ1v) is 5.32. The molecule has 0 aromatic heterocycles. The van der Waals surface area contributed by atoms with Crippen molar-refractivity contribution in [1.82, 2.24) is 0 Å². The Morgan fingerprint density at radius 2 is 1.71 bits per heavy atom. The van der Waals surface area contributed by atoms with Gasteiger partial charge in [-0.15, -0.1) is 0 Å². The smallest absolute Gasteiger partial charge is 0.130 e. The second kappa shape index (κ2) is 4.59. The van der Waals surface area contributed by atoms with Crippen molar-refractivity contribution in [3.63, 3.8) is 0 Å². The molecule has 78 valence electrons. The van der Waals surface area contributed by atoms with Crippen LogP contribution in [0.1, 0.15) is 44.7 Å². The molecule has 0 heterocycles. The lowest BCUT2D eigenvalue weighted by Crippen LogP contribution is -2.08. The van der Waals surface area contributed by atoms with Gasteiger partial charge in [-0.25, -0.2) is 4.39 Å². The average Bonchev–Trinajstić information content (AvgIpc) is 2.14. The summed E-state index contributed by atoms with van der Waals surface area (Å²) < 4.78 is 13.5. The van der Waals surface area contributed by atoms with Crippen LogP contribution in [0, 0.1) is 0 Å². The van der Waals surface area contributed by atoms with Crippen molar-refractivity contribution in [1.29, 1.82) is 0 Å². The van der Waals surface area contributed by atoms with Crippen LogP contribution in [-0.2, 0) is 12.1 Å². The van der Waals surface area contributed by atoms with E-state index in [9.17, 15) is 4.39 Å². The Bertz CT molecular complexity index is 266. The van der Waals surface area contributed by atoms with Gasteiger partial charge in [-0.1, -0.05) is 37.6 Å². The molecule has 0 radical (unpaired) electrons. The second-order valence-corrected chi connectivity index (χ2v) is 4.27. The summed E-state index contributed by atoms with van der Waals surface area (Å²) in [5.41, 5.74) is 0.848. The standard InChI is InChI=1S/C13H19F/c1-4-5-6-11-7-9-12(10-8-11)13(2,3)14/h7-10H,4-6H2,1-3H3. The highest BCUT2D eigenvalue weighted by atomic mass is 19.1. The van der Waals surface area contributed by atoms with E-state index < -0.39 is 5.67 Å². The summed E-state index contributed by atoms with van der Waals surface area (Å²) in [4.78, 5) is 0. The molecule has 0 aliphatic carbocycles. The molecule has 0 spiro atoms. The van der Waals surface area contributed by atoms with E-state index in [4.69, 9.17) is 0 Å². The summed E-state index contributed by atoms with van der Waals surface area (Å²) in [6.07, 6.45) is 3.51. The molecule has 1 heteroatoms. The number of rotatable bonds is 4. The molecule has 1 aromatic carbocycles. The van der Waals surface area contributed by atoms with E-state index in [2.05, 4.69) is 6.92 Å². The van der Waals surface area contributed by atoms with E-state index in [0.717, 1.165) is 12.0 Å². The number of unbranched alkanes of at least 4 members (excludes halogenated alkanes) is 1. The molecule has 0 aliphatic heterocycles. The zero-order valence-corrected chi connectivity index (χ0v) is 9.31. The van der Waals surface area contributed by atoms with Crippen molar-refractivity contribution in [2.24, 2.45) is 0 Å². The van der Waals surface area contributed by atoms with Crippen LogP contribution in [0.5, 0.6) is 0 Å². The first-order chi connectivity index (χ1) is 6.54. The maximum absolute atomic E-state index is 13.5. The molecule has 0 amide bonds. The van der Waals surface area contributed by atoms with Gasteiger partial charge in [-0.05, 0) is 37.8 Å². The average molecular weight is 194 g/mol. The van der Waals surface area contributed by atoms with Crippen LogP contribution in [0.25, 0.3) is 0 Å². The van der Waals surface area contributed by atoms with E-state index in [1.165, 1.54) is 18.4 Å². The summed E-state index contributed by atoms with van der Waals surface area (Å²) in [5, 5.41) is 0. The Morgan fingerprint density at radius 3 is 2.14 bits per heavy atom. The van der Waals surface area contributed by atoms with Crippen LogP contribution < -0.4 is 0 Å². The molecule has 1 rings (SSSR count). The van der Waals surface area contributed by atoms with E-state index in [-0.39, 0.29) is 0 Å². The third kappa shape index (κ3) is 3.13. The fourth-order valence-electron chi connectivity index (χ4n) is 1.45. The third-order valence-corrected chi connectivity index (χ3v) is 2.46. The van der Waals surface area contributed by atoms with Gasteiger partial charge in [0.2, 0.25) is 0 Å². The maximum atomic E-state index is 13.5. The maximum Gasteiger partial charge on any atom is 0.130 e. The van der Waals surface area contributed by atoms with E-state index in [0.29, 0.717) is 0 Å². The Kier molecular flexibility index (Phi) is 3.68. The zero-order valence-electron chi connectivity index (χ0n) is 9.31. The Hall–Kier alpha value is -0.850. The summed E-state index contributed by atoms with van der Waals surface area (Å²) in [6, 6.07) is 7.86. The number of benzene rings is 1. The van der Waals surface area contributed by atoms with Gasteiger partial charge in [-0.2, -0.15) is 0 Å². The minimum atomic E-state index is -1.22. The molecular weight excluding hydrogens is 175 g/mol. The van der Waals surface area contributed by atoms with Gasteiger partial charge in [0.05, 0.1) is 0 Å². The largest absolute Gasteiger partial charge is 0.239 e. The van der Waals surface area contributed by atoms with Crippen LogP contribution >= 0.6 is 0 Å². The van der Waals surface area contributed by atoms with Crippen LogP contribution in [0.3, 0.4) is 0 Å². The lowest BCUT2D eigenvalue weighted by atomic mass is 9.98. The van der Waals surface area contributed by atoms with Crippen molar-refractivity contribution >= 4 is 0 Å². The van der Waals surface area contributed by atoms with Crippen molar-refractivity contribution in [3.05, 3.63) is 35.4 Å². The number of halogens is 1.